The second-order valence-electron chi connectivity index (χ2n) is 8.79. The van der Waals surface area contributed by atoms with Crippen LogP contribution in [0.3, 0.4) is 0 Å². The molecule has 1 atom stereocenters. The summed E-state index contributed by atoms with van der Waals surface area (Å²) >= 11 is 0. The van der Waals surface area contributed by atoms with Gasteiger partial charge in [0, 0.05) is 6.42 Å². The van der Waals surface area contributed by atoms with E-state index in [0.29, 0.717) is 6.42 Å². The zero-order valence-corrected chi connectivity index (χ0v) is 18.9. The van der Waals surface area contributed by atoms with E-state index in [4.69, 9.17) is 4.74 Å². The molecule has 0 heterocycles. The summed E-state index contributed by atoms with van der Waals surface area (Å²) in [7, 11) is 0. The Morgan fingerprint density at radius 1 is 0.778 bits per heavy atom. The topological polar surface area (TPSA) is 46.5 Å². The van der Waals surface area contributed by atoms with Crippen molar-refractivity contribution in [2.45, 2.75) is 142 Å². The van der Waals surface area contributed by atoms with Crippen LogP contribution < -0.4 is 0 Å². The normalized spacial score (nSPS) is 13.1. The van der Waals surface area contributed by atoms with E-state index in [1.54, 1.807) is 6.92 Å². The van der Waals surface area contributed by atoms with Crippen LogP contribution in [0.25, 0.3) is 0 Å². The first-order valence-corrected chi connectivity index (χ1v) is 11.8. The second kappa shape index (κ2) is 17.7. The fourth-order valence-electron chi connectivity index (χ4n) is 3.37. The van der Waals surface area contributed by atoms with Crippen LogP contribution in [0, 0.1) is 0 Å². The minimum atomic E-state index is -0.771. The van der Waals surface area contributed by atoms with Gasteiger partial charge in [-0.05, 0) is 27.2 Å². The maximum atomic E-state index is 12.2. The van der Waals surface area contributed by atoms with Crippen LogP contribution in [-0.2, 0) is 9.53 Å². The molecular weight excluding hydrogens is 336 g/mol. The Labute approximate surface area is 169 Å². The van der Waals surface area contributed by atoms with E-state index in [1.165, 1.54) is 83.5 Å². The molecule has 1 N–H and O–H groups in total. The number of ketones is 1. The molecule has 162 valence electrons. The van der Waals surface area contributed by atoms with Crippen LogP contribution in [-0.4, -0.2) is 29.2 Å². The maximum Gasteiger partial charge on any atom is 0.164 e. The molecule has 0 rings (SSSR count). The molecule has 0 saturated heterocycles. The van der Waals surface area contributed by atoms with E-state index in [9.17, 15) is 9.90 Å². The Kier molecular flexibility index (Phi) is 17.4. The van der Waals surface area contributed by atoms with Crippen molar-refractivity contribution in [3.8, 4) is 0 Å². The Bertz CT molecular complexity index is 337. The third-order valence-corrected chi connectivity index (χ3v) is 5.36. The molecule has 3 nitrogen and oxygen atoms in total. The number of aliphatic hydroxyl groups excluding tert-OH is 1. The highest BCUT2D eigenvalue weighted by molar-refractivity contribution is 5.86. The van der Waals surface area contributed by atoms with Crippen LogP contribution in [0.5, 0.6) is 0 Å². The molecule has 0 saturated carbocycles. The lowest BCUT2D eigenvalue weighted by Gasteiger charge is -2.24. The third kappa shape index (κ3) is 17.4. The summed E-state index contributed by atoms with van der Waals surface area (Å²) in [5.41, 5.74) is -0.771. The van der Waals surface area contributed by atoms with Gasteiger partial charge in [0.1, 0.15) is 5.60 Å². The molecule has 0 aliphatic rings. The number of carbonyl (C=O) groups is 1. The zero-order chi connectivity index (χ0) is 20.4. The number of hydrogen-bond donors (Lipinski definition) is 1. The quantitative estimate of drug-likeness (QED) is 0.230. The van der Waals surface area contributed by atoms with Crippen molar-refractivity contribution >= 4 is 5.78 Å². The molecule has 0 aromatic heterocycles. The van der Waals surface area contributed by atoms with Crippen LogP contribution >= 0.6 is 0 Å². The number of aliphatic hydroxyl groups is 1. The minimum absolute atomic E-state index is 0.151. The number of ether oxygens (including phenoxy) is 1. The summed E-state index contributed by atoms with van der Waals surface area (Å²) in [5.74, 6) is 0.151. The van der Waals surface area contributed by atoms with Crippen molar-refractivity contribution < 1.29 is 14.6 Å². The molecule has 1 unspecified atom stereocenters. The van der Waals surface area contributed by atoms with Crippen molar-refractivity contribution in [2.24, 2.45) is 0 Å². The largest absolute Gasteiger partial charge is 0.391 e. The SMILES string of the molecule is CCCCCCCCCCCCCCCCCC(=O)C(C)(C)OCC(C)O. The molecule has 3 heteroatoms. The summed E-state index contributed by atoms with van der Waals surface area (Å²) in [4.78, 5) is 12.2. The molecule has 0 aromatic carbocycles. The summed E-state index contributed by atoms with van der Waals surface area (Å²) in [6.07, 6.45) is 20.1. The third-order valence-electron chi connectivity index (χ3n) is 5.36. The molecular formula is C24H48O3. The van der Waals surface area contributed by atoms with Crippen molar-refractivity contribution in [1.29, 1.82) is 0 Å². The van der Waals surface area contributed by atoms with Gasteiger partial charge in [0.25, 0.3) is 0 Å². The Morgan fingerprint density at radius 2 is 1.15 bits per heavy atom. The van der Waals surface area contributed by atoms with Gasteiger partial charge in [-0.1, -0.05) is 96.8 Å². The fourth-order valence-corrected chi connectivity index (χ4v) is 3.37. The monoisotopic (exact) mass is 384 g/mol. The van der Waals surface area contributed by atoms with Crippen LogP contribution in [0.2, 0.25) is 0 Å². The summed E-state index contributed by atoms with van der Waals surface area (Å²) in [6, 6.07) is 0. The van der Waals surface area contributed by atoms with Crippen molar-refractivity contribution in [1.82, 2.24) is 0 Å². The number of rotatable bonds is 20. The van der Waals surface area contributed by atoms with Gasteiger partial charge in [0.05, 0.1) is 12.7 Å². The van der Waals surface area contributed by atoms with Gasteiger partial charge in [0.15, 0.2) is 5.78 Å². The van der Waals surface area contributed by atoms with Crippen LogP contribution in [0.1, 0.15) is 130 Å². The molecule has 0 fully saturated rings. The Hall–Kier alpha value is -0.410. The lowest BCUT2D eigenvalue weighted by Crippen LogP contribution is -2.37. The highest BCUT2D eigenvalue weighted by Gasteiger charge is 2.27. The summed E-state index contributed by atoms with van der Waals surface area (Å²) in [5, 5.41) is 9.28. The smallest absolute Gasteiger partial charge is 0.164 e. The van der Waals surface area contributed by atoms with Gasteiger partial charge in [-0.2, -0.15) is 0 Å². The van der Waals surface area contributed by atoms with E-state index in [2.05, 4.69) is 6.92 Å². The Balaban J connectivity index is 3.36. The summed E-state index contributed by atoms with van der Waals surface area (Å²) in [6.45, 7) is 7.79. The molecule has 0 amide bonds. The van der Waals surface area contributed by atoms with E-state index in [-0.39, 0.29) is 12.4 Å². The van der Waals surface area contributed by atoms with Gasteiger partial charge in [-0.15, -0.1) is 0 Å². The van der Waals surface area contributed by atoms with E-state index >= 15 is 0 Å². The molecule has 27 heavy (non-hydrogen) atoms. The molecule has 0 aliphatic heterocycles. The van der Waals surface area contributed by atoms with Gasteiger partial charge >= 0.3 is 0 Å². The van der Waals surface area contributed by atoms with Gasteiger partial charge < -0.3 is 9.84 Å². The number of Topliss-reactive ketones (excluding diaryl/α,β-unsaturated/α-hetero) is 1. The molecule has 0 aliphatic carbocycles. The predicted molar refractivity (Wildman–Crippen MR) is 116 cm³/mol. The first kappa shape index (κ1) is 26.6. The molecule has 0 spiro atoms. The fraction of sp³-hybridized carbons (Fsp3) is 0.958. The van der Waals surface area contributed by atoms with Crippen molar-refractivity contribution in [2.75, 3.05) is 6.61 Å². The van der Waals surface area contributed by atoms with E-state index in [0.717, 1.165) is 12.8 Å². The number of hydrogen-bond acceptors (Lipinski definition) is 3. The number of unbranched alkanes of at least 4 members (excludes halogenated alkanes) is 14. The van der Waals surface area contributed by atoms with Crippen LogP contribution in [0.4, 0.5) is 0 Å². The number of carbonyl (C=O) groups excluding carboxylic acids is 1. The van der Waals surface area contributed by atoms with Gasteiger partial charge in [-0.3, -0.25) is 4.79 Å². The second-order valence-corrected chi connectivity index (χ2v) is 8.79. The van der Waals surface area contributed by atoms with Gasteiger partial charge in [0.2, 0.25) is 0 Å². The highest BCUT2D eigenvalue weighted by atomic mass is 16.5. The predicted octanol–water partition coefficient (Wildman–Crippen LogP) is 6.99. The average molecular weight is 385 g/mol. The molecule has 0 aromatic rings. The van der Waals surface area contributed by atoms with Crippen molar-refractivity contribution in [3.63, 3.8) is 0 Å². The average Bonchev–Trinajstić information content (AvgIpc) is 2.63. The van der Waals surface area contributed by atoms with Crippen molar-refractivity contribution in [3.05, 3.63) is 0 Å². The Morgan fingerprint density at radius 3 is 1.52 bits per heavy atom. The summed E-state index contributed by atoms with van der Waals surface area (Å²) < 4.78 is 5.53. The standard InChI is InChI=1S/C24H48O3/c1-5-6-7-8-9-10-11-12-13-14-15-16-17-18-19-20-23(26)24(3,4)27-21-22(2)25/h22,25H,5-21H2,1-4H3. The van der Waals surface area contributed by atoms with Gasteiger partial charge in [-0.25, -0.2) is 0 Å². The zero-order valence-electron chi connectivity index (χ0n) is 18.9. The maximum absolute atomic E-state index is 12.2. The molecule has 0 radical (unpaired) electrons. The first-order valence-electron chi connectivity index (χ1n) is 11.8. The van der Waals surface area contributed by atoms with E-state index in [1.807, 2.05) is 13.8 Å². The van der Waals surface area contributed by atoms with Crippen LogP contribution in [0.15, 0.2) is 0 Å². The minimum Gasteiger partial charge on any atom is -0.391 e. The first-order chi connectivity index (χ1) is 12.9. The lowest BCUT2D eigenvalue weighted by atomic mass is 9.97. The van der Waals surface area contributed by atoms with E-state index < -0.39 is 11.7 Å². The highest BCUT2D eigenvalue weighted by Crippen LogP contribution is 2.17. The molecule has 0 bridgehead atoms. The lowest BCUT2D eigenvalue weighted by molar-refractivity contribution is -0.143.